The van der Waals surface area contributed by atoms with Crippen LogP contribution in [0.25, 0.3) is 0 Å². The highest BCUT2D eigenvalue weighted by atomic mass is 35.5. The van der Waals surface area contributed by atoms with Gasteiger partial charge in [-0.2, -0.15) is 0 Å². The normalized spacial score (nSPS) is 13.4. The number of allylic oxidation sites excluding steroid dienone is 1. The summed E-state index contributed by atoms with van der Waals surface area (Å²) in [6, 6.07) is 5.60. The van der Waals surface area contributed by atoms with Crippen molar-refractivity contribution in [3.8, 4) is 0 Å². The Morgan fingerprint density at radius 3 is 2.50 bits per heavy atom. The molecule has 2 nitrogen and oxygen atoms in total. The maximum atomic E-state index is 12.6. The summed E-state index contributed by atoms with van der Waals surface area (Å²) in [5.74, 6) is -1.01. The van der Waals surface area contributed by atoms with E-state index in [-0.39, 0.29) is 10.8 Å². The average molecular weight is 263 g/mol. The first-order valence-electron chi connectivity index (χ1n) is 4.39. The van der Waals surface area contributed by atoms with Crippen LogP contribution >= 0.6 is 23.2 Å². The summed E-state index contributed by atoms with van der Waals surface area (Å²) in [6.07, 6.45) is 1.34. The van der Waals surface area contributed by atoms with Crippen LogP contribution in [0, 0.1) is 5.82 Å². The van der Waals surface area contributed by atoms with Crippen LogP contribution in [-0.4, -0.2) is 13.1 Å². The molecular weight excluding hydrogens is 254 g/mol. The van der Waals surface area contributed by atoms with E-state index >= 15 is 0 Å². The van der Waals surface area contributed by atoms with Crippen LogP contribution in [0.2, 0.25) is 0 Å². The number of rotatable bonds is 3. The van der Waals surface area contributed by atoms with E-state index in [1.165, 1.54) is 37.5 Å². The Morgan fingerprint density at radius 2 is 2.00 bits per heavy atom. The van der Waals surface area contributed by atoms with Gasteiger partial charge in [0.15, 0.2) is 0 Å². The smallest absolute Gasteiger partial charge is 0.349 e. The van der Waals surface area contributed by atoms with Crippen LogP contribution in [0.4, 0.5) is 4.39 Å². The van der Waals surface area contributed by atoms with Crippen molar-refractivity contribution in [2.24, 2.45) is 0 Å². The second-order valence-corrected chi connectivity index (χ2v) is 3.84. The number of halogens is 3. The molecule has 0 aromatic heterocycles. The number of hydrogen-bond acceptors (Lipinski definition) is 2. The van der Waals surface area contributed by atoms with Crippen molar-refractivity contribution >= 4 is 29.2 Å². The van der Waals surface area contributed by atoms with Crippen molar-refractivity contribution in [3.05, 3.63) is 46.8 Å². The number of esters is 1. The van der Waals surface area contributed by atoms with Gasteiger partial charge in [0.2, 0.25) is 0 Å². The van der Waals surface area contributed by atoms with E-state index in [9.17, 15) is 9.18 Å². The number of carbonyl (C=O) groups is 1. The van der Waals surface area contributed by atoms with Gasteiger partial charge in [-0.25, -0.2) is 9.18 Å². The molecule has 0 N–H and O–H groups in total. The summed E-state index contributed by atoms with van der Waals surface area (Å²) in [4.78, 5) is 11.0. The van der Waals surface area contributed by atoms with Gasteiger partial charge in [-0.1, -0.05) is 23.7 Å². The van der Waals surface area contributed by atoms with Crippen LogP contribution in [0.3, 0.4) is 0 Å². The summed E-state index contributed by atoms with van der Waals surface area (Å²) in [6.45, 7) is 0. The predicted molar refractivity (Wildman–Crippen MR) is 60.9 cm³/mol. The summed E-state index contributed by atoms with van der Waals surface area (Å²) in [7, 11) is 1.22. The SMILES string of the molecule is COC(=O)/C(Cl)=C/[C@H](Cl)c1ccc(F)cc1. The minimum atomic E-state index is -0.658. The van der Waals surface area contributed by atoms with Gasteiger partial charge in [-0.3, -0.25) is 0 Å². The number of alkyl halides is 1. The number of ether oxygens (including phenoxy) is 1. The van der Waals surface area contributed by atoms with Crippen molar-refractivity contribution in [2.75, 3.05) is 7.11 Å². The van der Waals surface area contributed by atoms with Gasteiger partial charge in [0, 0.05) is 0 Å². The molecule has 86 valence electrons. The number of carbonyl (C=O) groups excluding carboxylic acids is 1. The minimum Gasteiger partial charge on any atom is -0.465 e. The quantitative estimate of drug-likeness (QED) is 0.474. The molecule has 0 unspecified atom stereocenters. The van der Waals surface area contributed by atoms with Crippen molar-refractivity contribution in [1.29, 1.82) is 0 Å². The van der Waals surface area contributed by atoms with Crippen molar-refractivity contribution in [1.82, 2.24) is 0 Å². The van der Waals surface area contributed by atoms with Crippen molar-refractivity contribution < 1.29 is 13.9 Å². The average Bonchev–Trinajstić information content (AvgIpc) is 2.28. The van der Waals surface area contributed by atoms with Crippen molar-refractivity contribution in [2.45, 2.75) is 5.38 Å². The van der Waals surface area contributed by atoms with Gasteiger partial charge in [-0.15, -0.1) is 11.6 Å². The highest BCUT2D eigenvalue weighted by molar-refractivity contribution is 6.41. The van der Waals surface area contributed by atoms with E-state index in [0.29, 0.717) is 5.56 Å². The first-order chi connectivity index (χ1) is 7.54. The Labute approximate surface area is 103 Å². The lowest BCUT2D eigenvalue weighted by molar-refractivity contribution is -0.135. The van der Waals surface area contributed by atoms with Gasteiger partial charge in [-0.05, 0) is 23.8 Å². The maximum absolute atomic E-state index is 12.6. The van der Waals surface area contributed by atoms with Crippen molar-refractivity contribution in [3.63, 3.8) is 0 Å². The van der Waals surface area contributed by atoms with Crippen LogP contribution in [0.1, 0.15) is 10.9 Å². The van der Waals surface area contributed by atoms with Gasteiger partial charge < -0.3 is 4.74 Å². The Hall–Kier alpha value is -1.06. The number of hydrogen-bond donors (Lipinski definition) is 0. The third kappa shape index (κ3) is 3.51. The van der Waals surface area contributed by atoms with E-state index < -0.39 is 11.3 Å². The molecule has 0 saturated heterocycles. The van der Waals surface area contributed by atoms with Crippen LogP contribution in [0.15, 0.2) is 35.4 Å². The first kappa shape index (κ1) is 13.0. The summed E-state index contributed by atoms with van der Waals surface area (Å²) in [5.41, 5.74) is 0.644. The molecule has 1 aromatic rings. The molecule has 1 aromatic carbocycles. The highest BCUT2D eigenvalue weighted by Crippen LogP contribution is 2.24. The first-order valence-corrected chi connectivity index (χ1v) is 5.21. The monoisotopic (exact) mass is 262 g/mol. The van der Waals surface area contributed by atoms with Crippen LogP contribution in [-0.2, 0) is 9.53 Å². The van der Waals surface area contributed by atoms with Gasteiger partial charge in [0.1, 0.15) is 10.8 Å². The molecule has 0 aliphatic carbocycles. The van der Waals surface area contributed by atoms with Gasteiger partial charge >= 0.3 is 5.97 Å². The van der Waals surface area contributed by atoms with E-state index in [1.54, 1.807) is 0 Å². The molecule has 0 spiro atoms. The van der Waals surface area contributed by atoms with E-state index in [0.717, 1.165) is 0 Å². The number of methoxy groups -OCH3 is 1. The molecule has 1 atom stereocenters. The standard InChI is InChI=1S/C11H9Cl2FO2/c1-16-11(15)10(13)6-9(12)7-2-4-8(14)5-3-7/h2-6,9H,1H3/b10-6-/t9-/m0/s1. The summed E-state index contributed by atoms with van der Waals surface area (Å²) in [5, 5.41) is -0.709. The molecule has 0 aliphatic heterocycles. The molecule has 0 fully saturated rings. The molecule has 0 heterocycles. The lowest BCUT2D eigenvalue weighted by atomic mass is 10.1. The molecule has 0 bridgehead atoms. The zero-order valence-electron chi connectivity index (χ0n) is 8.41. The van der Waals surface area contributed by atoms with E-state index in [2.05, 4.69) is 4.74 Å². The Balaban J connectivity index is 2.82. The Morgan fingerprint density at radius 1 is 1.44 bits per heavy atom. The maximum Gasteiger partial charge on any atom is 0.349 e. The Kier molecular flexibility index (Phi) is 4.77. The largest absolute Gasteiger partial charge is 0.465 e. The fourth-order valence-corrected chi connectivity index (χ4v) is 1.58. The predicted octanol–water partition coefficient (Wildman–Crippen LogP) is 3.40. The zero-order chi connectivity index (χ0) is 12.1. The molecule has 0 saturated carbocycles. The molecule has 0 amide bonds. The fourth-order valence-electron chi connectivity index (χ4n) is 1.04. The topological polar surface area (TPSA) is 26.3 Å². The lowest BCUT2D eigenvalue weighted by Gasteiger charge is -2.05. The van der Waals surface area contributed by atoms with Gasteiger partial charge in [0.25, 0.3) is 0 Å². The zero-order valence-corrected chi connectivity index (χ0v) is 9.93. The molecule has 1 rings (SSSR count). The highest BCUT2D eigenvalue weighted by Gasteiger charge is 2.11. The second kappa shape index (κ2) is 5.87. The number of benzene rings is 1. The molecule has 5 heteroatoms. The van der Waals surface area contributed by atoms with E-state index in [4.69, 9.17) is 23.2 Å². The summed E-state index contributed by atoms with van der Waals surface area (Å²) >= 11 is 11.6. The molecule has 0 aliphatic rings. The molecule has 16 heavy (non-hydrogen) atoms. The lowest BCUT2D eigenvalue weighted by Crippen LogP contribution is -2.00. The minimum absolute atomic E-state index is 0.105. The fraction of sp³-hybridized carbons (Fsp3) is 0.182. The third-order valence-corrected chi connectivity index (χ3v) is 2.52. The van der Waals surface area contributed by atoms with E-state index in [1.807, 2.05) is 0 Å². The summed E-state index contributed by atoms with van der Waals surface area (Å²) < 4.78 is 17.0. The molecule has 0 radical (unpaired) electrons. The Bertz CT molecular complexity index is 401. The molecular formula is C11H9Cl2FO2. The van der Waals surface area contributed by atoms with Crippen LogP contribution < -0.4 is 0 Å². The second-order valence-electron chi connectivity index (χ2n) is 2.96. The van der Waals surface area contributed by atoms with Crippen LogP contribution in [0.5, 0.6) is 0 Å². The third-order valence-electron chi connectivity index (χ3n) is 1.86. The van der Waals surface area contributed by atoms with Gasteiger partial charge in [0.05, 0.1) is 12.5 Å².